The summed E-state index contributed by atoms with van der Waals surface area (Å²) in [6.07, 6.45) is 0. The minimum Gasteiger partial charge on any atom is -0.293 e. The Morgan fingerprint density at radius 1 is 1.00 bits per heavy atom. The Labute approximate surface area is 123 Å². The third kappa shape index (κ3) is 4.26. The maximum atomic E-state index is 12.0. The Morgan fingerprint density at radius 3 is 2.19 bits per heavy atom. The molecule has 0 aliphatic carbocycles. The zero-order chi connectivity index (χ0) is 15.3. The maximum Gasteiger partial charge on any atom is 0.177 e. The Kier molecular flexibility index (Phi) is 4.51. The standard InChI is InChI=1S/C16H13NO3S/c17-10-13-6-8-15(9-7-13)16(18)12-21(19,20)11-14-4-2-1-3-5-14/h1-9H,11-12H2. The summed E-state index contributed by atoms with van der Waals surface area (Å²) in [5.41, 5.74) is 1.38. The fraction of sp³-hybridized carbons (Fsp3) is 0.125. The summed E-state index contributed by atoms with van der Waals surface area (Å²) in [6.45, 7) is 0. The summed E-state index contributed by atoms with van der Waals surface area (Å²) in [6, 6.07) is 16.6. The number of carbonyl (C=O) groups excluding carboxylic acids is 1. The van der Waals surface area contributed by atoms with Gasteiger partial charge < -0.3 is 0 Å². The summed E-state index contributed by atoms with van der Waals surface area (Å²) >= 11 is 0. The molecule has 0 radical (unpaired) electrons. The SMILES string of the molecule is N#Cc1ccc(C(=O)CS(=O)(=O)Cc2ccccc2)cc1. The third-order valence-electron chi connectivity index (χ3n) is 2.92. The molecule has 0 bridgehead atoms. The molecule has 106 valence electrons. The Bertz CT molecular complexity index is 773. The van der Waals surface area contributed by atoms with E-state index in [0.29, 0.717) is 16.7 Å². The first-order valence-corrected chi connectivity index (χ1v) is 8.10. The average molecular weight is 299 g/mol. The van der Waals surface area contributed by atoms with Crippen molar-refractivity contribution >= 4 is 15.6 Å². The Morgan fingerprint density at radius 2 is 1.62 bits per heavy atom. The van der Waals surface area contributed by atoms with Gasteiger partial charge in [-0.15, -0.1) is 0 Å². The molecule has 0 aliphatic heterocycles. The van der Waals surface area contributed by atoms with Gasteiger partial charge in [-0.2, -0.15) is 5.26 Å². The second-order valence-corrected chi connectivity index (χ2v) is 6.69. The van der Waals surface area contributed by atoms with Gasteiger partial charge in [-0.05, 0) is 17.7 Å². The molecule has 0 fully saturated rings. The van der Waals surface area contributed by atoms with E-state index >= 15 is 0 Å². The van der Waals surface area contributed by atoms with Crippen molar-refractivity contribution in [2.24, 2.45) is 0 Å². The fourth-order valence-corrected chi connectivity index (χ4v) is 3.26. The summed E-state index contributed by atoms with van der Waals surface area (Å²) in [5, 5.41) is 8.69. The average Bonchev–Trinajstić information content (AvgIpc) is 2.47. The number of carbonyl (C=O) groups is 1. The third-order valence-corrected chi connectivity index (χ3v) is 4.39. The number of benzene rings is 2. The second-order valence-electron chi connectivity index (χ2n) is 4.63. The molecule has 0 aliphatic rings. The van der Waals surface area contributed by atoms with Crippen LogP contribution in [0.25, 0.3) is 0 Å². The molecule has 0 saturated carbocycles. The second kappa shape index (κ2) is 6.33. The largest absolute Gasteiger partial charge is 0.293 e. The molecule has 21 heavy (non-hydrogen) atoms. The zero-order valence-corrected chi connectivity index (χ0v) is 12.0. The van der Waals surface area contributed by atoms with Gasteiger partial charge in [0.1, 0.15) is 5.75 Å². The van der Waals surface area contributed by atoms with Gasteiger partial charge in [0, 0.05) is 5.56 Å². The van der Waals surface area contributed by atoms with E-state index in [-0.39, 0.29) is 5.75 Å². The van der Waals surface area contributed by atoms with Crippen LogP contribution in [0.2, 0.25) is 0 Å². The van der Waals surface area contributed by atoms with E-state index in [2.05, 4.69) is 0 Å². The molecule has 4 nitrogen and oxygen atoms in total. The lowest BCUT2D eigenvalue weighted by molar-refractivity contribution is 0.102. The molecule has 0 saturated heterocycles. The van der Waals surface area contributed by atoms with Gasteiger partial charge >= 0.3 is 0 Å². The molecule has 2 aromatic carbocycles. The first-order valence-electron chi connectivity index (χ1n) is 6.28. The first kappa shape index (κ1) is 14.9. The number of ketones is 1. The topological polar surface area (TPSA) is 75.0 Å². The number of sulfone groups is 1. The number of Topliss-reactive ketones (excluding diaryl/α,β-unsaturated/α-hetero) is 1. The monoisotopic (exact) mass is 299 g/mol. The molecule has 2 rings (SSSR count). The number of rotatable bonds is 5. The van der Waals surface area contributed by atoms with Crippen LogP contribution >= 0.6 is 0 Å². The van der Waals surface area contributed by atoms with Crippen LogP contribution in [0, 0.1) is 11.3 Å². The summed E-state index contributed by atoms with van der Waals surface area (Å²) in [7, 11) is -3.51. The molecular formula is C16H13NO3S. The van der Waals surface area contributed by atoms with E-state index in [0.717, 1.165) is 0 Å². The van der Waals surface area contributed by atoms with Crippen LogP contribution in [-0.4, -0.2) is 20.0 Å². The molecule has 0 atom stereocenters. The lowest BCUT2D eigenvalue weighted by Gasteiger charge is -2.04. The highest BCUT2D eigenvalue weighted by Crippen LogP contribution is 2.10. The molecule has 0 spiro atoms. The van der Waals surface area contributed by atoms with Crippen molar-refractivity contribution in [3.8, 4) is 6.07 Å². The molecule has 0 amide bonds. The normalized spacial score (nSPS) is 10.8. The highest BCUT2D eigenvalue weighted by molar-refractivity contribution is 7.91. The van der Waals surface area contributed by atoms with Gasteiger partial charge in [0.05, 0.1) is 17.4 Å². The lowest BCUT2D eigenvalue weighted by Crippen LogP contribution is -2.18. The van der Waals surface area contributed by atoms with Crippen LogP contribution in [0.3, 0.4) is 0 Å². The number of nitrogens with zero attached hydrogens (tertiary/aromatic N) is 1. The van der Waals surface area contributed by atoms with Crippen LogP contribution in [-0.2, 0) is 15.6 Å². The van der Waals surface area contributed by atoms with Crippen LogP contribution in [0.4, 0.5) is 0 Å². The van der Waals surface area contributed by atoms with Crippen molar-refractivity contribution in [1.82, 2.24) is 0 Å². The number of hydrogen-bond donors (Lipinski definition) is 0. The molecule has 0 unspecified atom stereocenters. The predicted molar refractivity (Wildman–Crippen MR) is 79.4 cm³/mol. The van der Waals surface area contributed by atoms with Crippen LogP contribution in [0.1, 0.15) is 21.5 Å². The first-order chi connectivity index (χ1) is 10.00. The smallest absolute Gasteiger partial charge is 0.177 e. The maximum absolute atomic E-state index is 12.0. The summed E-state index contributed by atoms with van der Waals surface area (Å²) in [4.78, 5) is 12.0. The molecule has 0 aromatic heterocycles. The van der Waals surface area contributed by atoms with E-state index in [1.165, 1.54) is 24.3 Å². The van der Waals surface area contributed by atoms with E-state index in [1.54, 1.807) is 30.3 Å². The van der Waals surface area contributed by atoms with Crippen molar-refractivity contribution in [2.75, 3.05) is 5.75 Å². The van der Waals surface area contributed by atoms with Crippen molar-refractivity contribution in [3.63, 3.8) is 0 Å². The Hall–Kier alpha value is -2.45. The highest BCUT2D eigenvalue weighted by Gasteiger charge is 2.18. The number of nitriles is 1. The van der Waals surface area contributed by atoms with Crippen molar-refractivity contribution < 1.29 is 13.2 Å². The quantitative estimate of drug-likeness (QED) is 0.794. The van der Waals surface area contributed by atoms with Crippen LogP contribution in [0.15, 0.2) is 54.6 Å². The number of hydrogen-bond acceptors (Lipinski definition) is 4. The van der Waals surface area contributed by atoms with E-state index in [4.69, 9.17) is 5.26 Å². The molecule has 5 heteroatoms. The van der Waals surface area contributed by atoms with Gasteiger partial charge in [0.15, 0.2) is 15.6 Å². The molecule has 0 heterocycles. The van der Waals surface area contributed by atoms with Crippen molar-refractivity contribution in [3.05, 3.63) is 71.3 Å². The summed E-state index contributed by atoms with van der Waals surface area (Å²) < 4.78 is 24.1. The molecular weight excluding hydrogens is 286 g/mol. The van der Waals surface area contributed by atoms with Crippen LogP contribution < -0.4 is 0 Å². The van der Waals surface area contributed by atoms with Crippen molar-refractivity contribution in [1.29, 1.82) is 5.26 Å². The minimum absolute atomic E-state index is 0.157. The highest BCUT2D eigenvalue weighted by atomic mass is 32.2. The summed E-state index contributed by atoms with van der Waals surface area (Å²) in [5.74, 6) is -1.15. The van der Waals surface area contributed by atoms with Gasteiger partial charge in [-0.1, -0.05) is 42.5 Å². The van der Waals surface area contributed by atoms with Gasteiger partial charge in [-0.25, -0.2) is 8.42 Å². The van der Waals surface area contributed by atoms with E-state index in [1.807, 2.05) is 6.07 Å². The van der Waals surface area contributed by atoms with Gasteiger partial charge in [0.25, 0.3) is 0 Å². The van der Waals surface area contributed by atoms with E-state index < -0.39 is 21.4 Å². The lowest BCUT2D eigenvalue weighted by atomic mass is 10.1. The van der Waals surface area contributed by atoms with Crippen molar-refractivity contribution in [2.45, 2.75) is 5.75 Å². The zero-order valence-electron chi connectivity index (χ0n) is 11.2. The van der Waals surface area contributed by atoms with Gasteiger partial charge in [0.2, 0.25) is 0 Å². The van der Waals surface area contributed by atoms with E-state index in [9.17, 15) is 13.2 Å². The Balaban J connectivity index is 2.09. The van der Waals surface area contributed by atoms with Gasteiger partial charge in [-0.3, -0.25) is 4.79 Å². The predicted octanol–water partition coefficient (Wildman–Crippen LogP) is 2.36. The molecule has 0 N–H and O–H groups in total. The minimum atomic E-state index is -3.51. The molecule has 2 aromatic rings. The van der Waals surface area contributed by atoms with Crippen LogP contribution in [0.5, 0.6) is 0 Å². The fourth-order valence-electron chi connectivity index (χ4n) is 1.89.